The van der Waals surface area contributed by atoms with Gasteiger partial charge in [-0.05, 0) is 12.3 Å². The smallest absolute Gasteiger partial charge is 0.273 e. The van der Waals surface area contributed by atoms with Gasteiger partial charge >= 0.3 is 0 Å². The Kier molecular flexibility index (Phi) is 2.47. The Balaban J connectivity index is 2.31. The van der Waals surface area contributed by atoms with Gasteiger partial charge in [-0.3, -0.25) is 0 Å². The van der Waals surface area contributed by atoms with E-state index in [1.54, 1.807) is 0 Å². The summed E-state index contributed by atoms with van der Waals surface area (Å²) < 4.78 is 30.0. The van der Waals surface area contributed by atoms with Crippen LogP contribution < -0.4 is 0 Å². The normalized spacial score (nSPS) is 29.7. The van der Waals surface area contributed by atoms with Crippen LogP contribution in [0.4, 0.5) is 8.78 Å². The predicted octanol–water partition coefficient (Wildman–Crippen LogP) is 2.46. The lowest BCUT2D eigenvalue weighted by Gasteiger charge is -2.10. The van der Waals surface area contributed by atoms with Gasteiger partial charge in [0.05, 0.1) is 6.10 Å². The zero-order valence-corrected chi connectivity index (χ0v) is 6.94. The van der Waals surface area contributed by atoms with Crippen LogP contribution in [-0.2, 0) is 4.74 Å². The third-order valence-corrected chi connectivity index (χ3v) is 1.79. The molecule has 0 aromatic carbocycles. The Morgan fingerprint density at radius 3 is 2.55 bits per heavy atom. The largest absolute Gasteiger partial charge is 0.372 e. The van der Waals surface area contributed by atoms with E-state index in [1.807, 2.05) is 13.8 Å². The molecule has 1 nitrogen and oxygen atoms in total. The zero-order chi connectivity index (χ0) is 8.48. The SMILES string of the molecule is CC(C)CC1CC(F)(F)CO1. The zero-order valence-electron chi connectivity index (χ0n) is 6.94. The first kappa shape index (κ1) is 8.91. The van der Waals surface area contributed by atoms with Crippen molar-refractivity contribution < 1.29 is 13.5 Å². The van der Waals surface area contributed by atoms with Gasteiger partial charge in [0.25, 0.3) is 5.92 Å². The molecular weight excluding hydrogens is 150 g/mol. The number of hydrogen-bond acceptors (Lipinski definition) is 1. The molecule has 0 bridgehead atoms. The van der Waals surface area contributed by atoms with Crippen molar-refractivity contribution in [1.82, 2.24) is 0 Å². The highest BCUT2D eigenvalue weighted by molar-refractivity contribution is 4.79. The summed E-state index contributed by atoms with van der Waals surface area (Å²) in [5.41, 5.74) is 0. The molecule has 66 valence electrons. The standard InChI is InChI=1S/C8H14F2O/c1-6(2)3-7-4-8(9,10)5-11-7/h6-7H,3-5H2,1-2H3. The maximum Gasteiger partial charge on any atom is 0.273 e. The molecule has 0 saturated carbocycles. The van der Waals surface area contributed by atoms with Crippen molar-refractivity contribution in [1.29, 1.82) is 0 Å². The lowest BCUT2D eigenvalue weighted by molar-refractivity contribution is -0.0107. The van der Waals surface area contributed by atoms with Gasteiger partial charge in [0, 0.05) is 6.42 Å². The van der Waals surface area contributed by atoms with Crippen LogP contribution >= 0.6 is 0 Å². The molecule has 1 fully saturated rings. The van der Waals surface area contributed by atoms with E-state index in [0.717, 1.165) is 6.42 Å². The van der Waals surface area contributed by atoms with Crippen molar-refractivity contribution in [3.63, 3.8) is 0 Å². The van der Waals surface area contributed by atoms with Crippen LogP contribution in [0.2, 0.25) is 0 Å². The van der Waals surface area contributed by atoms with Gasteiger partial charge in [-0.1, -0.05) is 13.8 Å². The van der Waals surface area contributed by atoms with Crippen molar-refractivity contribution in [2.75, 3.05) is 6.61 Å². The van der Waals surface area contributed by atoms with E-state index in [0.29, 0.717) is 5.92 Å². The quantitative estimate of drug-likeness (QED) is 0.609. The Morgan fingerprint density at radius 2 is 2.18 bits per heavy atom. The van der Waals surface area contributed by atoms with E-state index >= 15 is 0 Å². The molecule has 1 heterocycles. The van der Waals surface area contributed by atoms with Gasteiger partial charge in [-0.15, -0.1) is 0 Å². The van der Waals surface area contributed by atoms with Crippen molar-refractivity contribution in [3.05, 3.63) is 0 Å². The summed E-state index contributed by atoms with van der Waals surface area (Å²) in [6, 6.07) is 0. The van der Waals surface area contributed by atoms with Crippen molar-refractivity contribution in [3.8, 4) is 0 Å². The molecule has 1 aliphatic heterocycles. The van der Waals surface area contributed by atoms with Gasteiger partial charge < -0.3 is 4.74 Å². The highest BCUT2D eigenvalue weighted by Gasteiger charge is 2.40. The lowest BCUT2D eigenvalue weighted by atomic mass is 10.0. The van der Waals surface area contributed by atoms with E-state index in [9.17, 15) is 8.78 Å². The van der Waals surface area contributed by atoms with E-state index in [-0.39, 0.29) is 19.1 Å². The molecular formula is C8H14F2O. The second-order valence-corrected chi connectivity index (χ2v) is 3.62. The summed E-state index contributed by atoms with van der Waals surface area (Å²) >= 11 is 0. The molecule has 1 rings (SSSR count). The molecule has 1 atom stereocenters. The van der Waals surface area contributed by atoms with E-state index in [2.05, 4.69) is 0 Å². The Bertz CT molecular complexity index is 134. The highest BCUT2D eigenvalue weighted by Crippen LogP contribution is 2.31. The first-order chi connectivity index (χ1) is 4.99. The lowest BCUT2D eigenvalue weighted by Crippen LogP contribution is -2.15. The molecule has 0 aromatic rings. The van der Waals surface area contributed by atoms with Gasteiger partial charge in [0.1, 0.15) is 6.61 Å². The molecule has 11 heavy (non-hydrogen) atoms. The fourth-order valence-corrected chi connectivity index (χ4v) is 1.37. The minimum atomic E-state index is -2.57. The Labute approximate surface area is 65.7 Å². The number of alkyl halides is 2. The van der Waals surface area contributed by atoms with Crippen LogP contribution in [0.15, 0.2) is 0 Å². The topological polar surface area (TPSA) is 9.23 Å². The third-order valence-electron chi connectivity index (χ3n) is 1.79. The van der Waals surface area contributed by atoms with E-state index < -0.39 is 5.92 Å². The second-order valence-electron chi connectivity index (χ2n) is 3.62. The third kappa shape index (κ3) is 2.73. The molecule has 0 aromatic heterocycles. The molecule has 0 N–H and O–H groups in total. The van der Waals surface area contributed by atoms with Crippen molar-refractivity contribution >= 4 is 0 Å². The molecule has 1 aliphatic rings. The maximum atomic E-state index is 12.5. The molecule has 3 heteroatoms. The fourth-order valence-electron chi connectivity index (χ4n) is 1.37. The second kappa shape index (κ2) is 3.05. The molecule has 0 aliphatic carbocycles. The van der Waals surface area contributed by atoms with Crippen LogP contribution in [0.3, 0.4) is 0 Å². The summed E-state index contributed by atoms with van der Waals surface area (Å²) in [7, 11) is 0. The summed E-state index contributed by atoms with van der Waals surface area (Å²) in [6.45, 7) is 3.64. The fraction of sp³-hybridized carbons (Fsp3) is 1.00. The van der Waals surface area contributed by atoms with Gasteiger partial charge in [0.2, 0.25) is 0 Å². The molecule has 0 radical (unpaired) electrons. The minimum absolute atomic E-state index is 0.0921. The number of rotatable bonds is 2. The van der Waals surface area contributed by atoms with E-state index in [1.165, 1.54) is 0 Å². The Morgan fingerprint density at radius 1 is 1.55 bits per heavy atom. The maximum absolute atomic E-state index is 12.5. The first-order valence-corrected chi connectivity index (χ1v) is 3.99. The van der Waals surface area contributed by atoms with Gasteiger partial charge in [-0.2, -0.15) is 0 Å². The van der Waals surface area contributed by atoms with Crippen LogP contribution in [-0.4, -0.2) is 18.6 Å². The van der Waals surface area contributed by atoms with Gasteiger partial charge in [0.15, 0.2) is 0 Å². The monoisotopic (exact) mass is 164 g/mol. The number of halogens is 2. The predicted molar refractivity (Wildman–Crippen MR) is 38.8 cm³/mol. The molecule has 0 amide bonds. The van der Waals surface area contributed by atoms with Crippen molar-refractivity contribution in [2.45, 2.75) is 38.7 Å². The first-order valence-electron chi connectivity index (χ1n) is 3.99. The number of hydrogen-bond donors (Lipinski definition) is 0. The van der Waals surface area contributed by atoms with Crippen LogP contribution in [0.5, 0.6) is 0 Å². The highest BCUT2D eigenvalue weighted by atomic mass is 19.3. The van der Waals surface area contributed by atoms with E-state index in [4.69, 9.17) is 4.74 Å². The molecule has 0 spiro atoms. The summed E-state index contributed by atoms with van der Waals surface area (Å²) in [5.74, 6) is -2.13. The molecule has 1 saturated heterocycles. The van der Waals surface area contributed by atoms with Crippen LogP contribution in [0, 0.1) is 5.92 Å². The Hall–Kier alpha value is -0.180. The summed E-state index contributed by atoms with van der Waals surface area (Å²) in [6.07, 6.45) is 0.436. The average Bonchev–Trinajstić information content (AvgIpc) is 2.08. The van der Waals surface area contributed by atoms with Crippen molar-refractivity contribution in [2.24, 2.45) is 5.92 Å². The minimum Gasteiger partial charge on any atom is -0.372 e. The molecule has 1 unspecified atom stereocenters. The number of ether oxygens (including phenoxy) is 1. The summed E-state index contributed by atoms with van der Waals surface area (Å²) in [4.78, 5) is 0. The summed E-state index contributed by atoms with van der Waals surface area (Å²) in [5, 5.41) is 0. The average molecular weight is 164 g/mol. The van der Waals surface area contributed by atoms with Crippen LogP contribution in [0.1, 0.15) is 26.7 Å². The van der Waals surface area contributed by atoms with Crippen LogP contribution in [0.25, 0.3) is 0 Å². The van der Waals surface area contributed by atoms with Gasteiger partial charge in [-0.25, -0.2) is 8.78 Å².